The molecule has 0 atom stereocenters. The van der Waals surface area contributed by atoms with Crippen molar-refractivity contribution in [3.05, 3.63) is 53.1 Å². The summed E-state index contributed by atoms with van der Waals surface area (Å²) in [7, 11) is 1.72. The highest BCUT2D eigenvalue weighted by Crippen LogP contribution is 2.35. The third-order valence-corrected chi connectivity index (χ3v) is 3.53. The van der Waals surface area contributed by atoms with Crippen LogP contribution in [0.25, 0.3) is 11.1 Å². The van der Waals surface area contributed by atoms with Crippen LogP contribution in [-0.2, 0) is 12.8 Å². The molecule has 0 aromatic heterocycles. The predicted octanol–water partition coefficient (Wildman–Crippen LogP) is 3.77. The normalized spacial score (nSPS) is 12.8. The number of aryl methyl sites for hydroxylation is 3. The lowest BCUT2D eigenvalue weighted by molar-refractivity contribution is 0.414. The van der Waals surface area contributed by atoms with Gasteiger partial charge in [-0.3, -0.25) is 0 Å². The van der Waals surface area contributed by atoms with E-state index in [1.807, 2.05) is 0 Å². The van der Waals surface area contributed by atoms with Gasteiger partial charge in [0.25, 0.3) is 0 Å². The largest absolute Gasteiger partial charge is 0.497 e. The molecule has 0 aliphatic heterocycles. The fourth-order valence-corrected chi connectivity index (χ4v) is 2.60. The molecule has 1 aliphatic carbocycles. The molecule has 0 saturated carbocycles. The third kappa shape index (κ3) is 1.72. The Hall–Kier alpha value is -1.76. The zero-order chi connectivity index (χ0) is 11.8. The molecule has 2 aromatic carbocycles. The lowest BCUT2D eigenvalue weighted by atomic mass is 9.85. The van der Waals surface area contributed by atoms with Gasteiger partial charge in [0.2, 0.25) is 0 Å². The van der Waals surface area contributed by atoms with E-state index in [0.29, 0.717) is 0 Å². The number of ether oxygens (including phenoxy) is 1. The maximum Gasteiger partial charge on any atom is 0.119 e. The van der Waals surface area contributed by atoms with E-state index in [0.717, 1.165) is 18.6 Å². The van der Waals surface area contributed by atoms with Crippen LogP contribution in [0, 0.1) is 6.92 Å². The Balaban J connectivity index is 2.19. The lowest BCUT2D eigenvalue weighted by Crippen LogP contribution is -2.04. The molecule has 1 aliphatic rings. The van der Waals surface area contributed by atoms with Crippen LogP contribution >= 0.6 is 0 Å². The summed E-state index contributed by atoms with van der Waals surface area (Å²) in [6.45, 7) is 2.15. The third-order valence-electron chi connectivity index (χ3n) is 3.53. The van der Waals surface area contributed by atoms with Crippen LogP contribution in [0.15, 0.2) is 36.4 Å². The molecule has 1 nitrogen and oxygen atoms in total. The summed E-state index contributed by atoms with van der Waals surface area (Å²) in [5, 5.41) is 0. The smallest absolute Gasteiger partial charge is 0.119 e. The summed E-state index contributed by atoms with van der Waals surface area (Å²) in [5.74, 6) is 0.958. The van der Waals surface area contributed by atoms with E-state index in [1.54, 1.807) is 7.11 Å². The van der Waals surface area contributed by atoms with E-state index in [9.17, 15) is 0 Å². The van der Waals surface area contributed by atoms with Crippen molar-refractivity contribution in [3.63, 3.8) is 0 Å². The number of benzene rings is 2. The zero-order valence-electron chi connectivity index (χ0n) is 10.3. The van der Waals surface area contributed by atoms with Gasteiger partial charge in [-0.15, -0.1) is 0 Å². The van der Waals surface area contributed by atoms with Gasteiger partial charge in [0.05, 0.1) is 7.11 Å². The molecule has 0 radical (unpaired) electrons. The molecule has 86 valence electrons. The highest BCUT2D eigenvalue weighted by atomic mass is 16.5. The maximum atomic E-state index is 5.29. The Morgan fingerprint density at radius 1 is 0.882 bits per heavy atom. The second-order valence-corrected chi connectivity index (χ2v) is 4.68. The van der Waals surface area contributed by atoms with Crippen LogP contribution in [0.3, 0.4) is 0 Å². The number of fused-ring (bicyclic) bond motifs is 3. The summed E-state index contributed by atoms with van der Waals surface area (Å²) in [5.41, 5.74) is 6.97. The second-order valence-electron chi connectivity index (χ2n) is 4.68. The Labute approximate surface area is 102 Å². The quantitative estimate of drug-likeness (QED) is 0.716. The molecule has 0 bridgehead atoms. The summed E-state index contributed by atoms with van der Waals surface area (Å²) >= 11 is 0. The molecule has 0 amide bonds. The van der Waals surface area contributed by atoms with E-state index in [2.05, 4.69) is 43.3 Å². The molecule has 0 unspecified atom stereocenters. The maximum absolute atomic E-state index is 5.29. The number of rotatable bonds is 1. The van der Waals surface area contributed by atoms with Crippen LogP contribution in [0.4, 0.5) is 0 Å². The van der Waals surface area contributed by atoms with Gasteiger partial charge < -0.3 is 4.74 Å². The average molecular weight is 224 g/mol. The summed E-state index contributed by atoms with van der Waals surface area (Å²) in [6, 6.07) is 13.2. The van der Waals surface area contributed by atoms with Gasteiger partial charge in [-0.05, 0) is 54.2 Å². The minimum absolute atomic E-state index is 0.958. The van der Waals surface area contributed by atoms with Crippen molar-refractivity contribution in [2.24, 2.45) is 0 Å². The summed E-state index contributed by atoms with van der Waals surface area (Å²) < 4.78 is 5.29. The van der Waals surface area contributed by atoms with Crippen LogP contribution in [-0.4, -0.2) is 7.11 Å². The first-order valence-electron chi connectivity index (χ1n) is 6.05. The average Bonchev–Trinajstić information content (AvgIpc) is 2.37. The molecule has 3 rings (SSSR count). The molecular weight excluding hydrogens is 208 g/mol. The number of methoxy groups -OCH3 is 1. The van der Waals surface area contributed by atoms with Crippen molar-refractivity contribution in [2.45, 2.75) is 19.8 Å². The first-order chi connectivity index (χ1) is 8.28. The minimum atomic E-state index is 0.958. The standard InChI is InChI=1S/C16H16O/c1-11-3-4-12-5-6-13-10-14(17-2)7-8-15(13)16(12)9-11/h3-4,7-10H,5-6H2,1-2H3. The molecule has 0 fully saturated rings. The Morgan fingerprint density at radius 3 is 2.53 bits per heavy atom. The van der Waals surface area contributed by atoms with Gasteiger partial charge >= 0.3 is 0 Å². The molecule has 0 saturated heterocycles. The van der Waals surface area contributed by atoms with Crippen LogP contribution < -0.4 is 4.74 Å². The molecule has 17 heavy (non-hydrogen) atoms. The SMILES string of the molecule is COc1ccc2c(c1)CCc1ccc(C)cc1-2. The Kier molecular flexibility index (Phi) is 2.40. The topological polar surface area (TPSA) is 9.23 Å². The second kappa shape index (κ2) is 3.92. The lowest BCUT2D eigenvalue weighted by Gasteiger charge is -2.20. The highest BCUT2D eigenvalue weighted by molar-refractivity contribution is 5.74. The van der Waals surface area contributed by atoms with E-state index >= 15 is 0 Å². The first-order valence-corrected chi connectivity index (χ1v) is 6.05. The van der Waals surface area contributed by atoms with Crippen molar-refractivity contribution < 1.29 is 4.74 Å². The fourth-order valence-electron chi connectivity index (χ4n) is 2.60. The summed E-state index contributed by atoms with van der Waals surface area (Å²) in [6.07, 6.45) is 2.25. The van der Waals surface area contributed by atoms with Crippen molar-refractivity contribution in [1.82, 2.24) is 0 Å². The minimum Gasteiger partial charge on any atom is -0.497 e. The fraction of sp³-hybridized carbons (Fsp3) is 0.250. The van der Waals surface area contributed by atoms with Crippen LogP contribution in [0.1, 0.15) is 16.7 Å². The van der Waals surface area contributed by atoms with Crippen molar-refractivity contribution >= 4 is 0 Å². The van der Waals surface area contributed by atoms with Crippen molar-refractivity contribution in [3.8, 4) is 16.9 Å². The van der Waals surface area contributed by atoms with Crippen LogP contribution in [0.5, 0.6) is 5.75 Å². The predicted molar refractivity (Wildman–Crippen MR) is 70.6 cm³/mol. The van der Waals surface area contributed by atoms with Gasteiger partial charge in [-0.2, -0.15) is 0 Å². The van der Waals surface area contributed by atoms with Gasteiger partial charge in [-0.25, -0.2) is 0 Å². The molecular formula is C16H16O. The summed E-state index contributed by atoms with van der Waals surface area (Å²) in [4.78, 5) is 0. The van der Waals surface area contributed by atoms with Crippen molar-refractivity contribution in [2.75, 3.05) is 7.11 Å². The molecule has 2 aromatic rings. The van der Waals surface area contributed by atoms with E-state index < -0.39 is 0 Å². The molecule has 1 heteroatoms. The number of hydrogen-bond donors (Lipinski definition) is 0. The molecule has 0 heterocycles. The zero-order valence-corrected chi connectivity index (χ0v) is 10.3. The highest BCUT2D eigenvalue weighted by Gasteiger charge is 2.16. The molecule has 0 spiro atoms. The Morgan fingerprint density at radius 2 is 1.71 bits per heavy atom. The van der Waals surface area contributed by atoms with E-state index in [1.165, 1.54) is 27.8 Å². The molecule has 0 N–H and O–H groups in total. The van der Waals surface area contributed by atoms with Gasteiger partial charge in [0, 0.05) is 0 Å². The number of hydrogen-bond acceptors (Lipinski definition) is 1. The van der Waals surface area contributed by atoms with E-state index in [-0.39, 0.29) is 0 Å². The first kappa shape index (κ1) is 10.4. The monoisotopic (exact) mass is 224 g/mol. The van der Waals surface area contributed by atoms with E-state index in [4.69, 9.17) is 4.74 Å². The van der Waals surface area contributed by atoms with Crippen molar-refractivity contribution in [1.29, 1.82) is 0 Å². The van der Waals surface area contributed by atoms with Gasteiger partial charge in [0.15, 0.2) is 0 Å². The van der Waals surface area contributed by atoms with Gasteiger partial charge in [-0.1, -0.05) is 29.8 Å². The van der Waals surface area contributed by atoms with Gasteiger partial charge in [0.1, 0.15) is 5.75 Å². The Bertz CT molecular complexity index is 570. The van der Waals surface area contributed by atoms with Crippen LogP contribution in [0.2, 0.25) is 0 Å².